The molecular weight excluding hydrogens is 240 g/mol. The molecule has 0 fully saturated rings. The zero-order valence-corrected chi connectivity index (χ0v) is 11.4. The lowest BCUT2D eigenvalue weighted by atomic mass is 10.2. The summed E-state index contributed by atoms with van der Waals surface area (Å²) in [7, 11) is 3.47. The van der Waals surface area contributed by atoms with Crippen LogP contribution in [-0.2, 0) is 6.54 Å². The van der Waals surface area contributed by atoms with Crippen molar-refractivity contribution in [1.29, 1.82) is 0 Å². The van der Waals surface area contributed by atoms with Gasteiger partial charge < -0.3 is 15.4 Å². The third kappa shape index (κ3) is 3.34. The number of rotatable bonds is 5. The second-order valence-electron chi connectivity index (χ2n) is 4.18. The summed E-state index contributed by atoms with van der Waals surface area (Å²) in [6.45, 7) is 2.70. The summed E-state index contributed by atoms with van der Waals surface area (Å²) in [6, 6.07) is 7.95. The zero-order valence-electron chi connectivity index (χ0n) is 11.4. The highest BCUT2D eigenvalue weighted by atomic mass is 16.5. The van der Waals surface area contributed by atoms with Gasteiger partial charge >= 0.3 is 0 Å². The minimum Gasteiger partial charge on any atom is -0.497 e. The summed E-state index contributed by atoms with van der Waals surface area (Å²) in [4.78, 5) is 8.54. The Labute approximate surface area is 113 Å². The fourth-order valence-electron chi connectivity index (χ4n) is 1.67. The topological polar surface area (TPSA) is 59.1 Å². The molecule has 1 aromatic carbocycles. The van der Waals surface area contributed by atoms with Crippen molar-refractivity contribution in [2.24, 2.45) is 0 Å². The molecule has 0 spiro atoms. The molecule has 1 aromatic heterocycles. The molecular formula is C14H18N4O. The first-order chi connectivity index (χ1) is 9.22. The normalized spacial score (nSPS) is 10.1. The van der Waals surface area contributed by atoms with E-state index in [1.165, 1.54) is 5.56 Å². The predicted octanol–water partition coefficient (Wildman–Crippen LogP) is 2.45. The van der Waals surface area contributed by atoms with E-state index in [9.17, 15) is 0 Å². The van der Waals surface area contributed by atoms with E-state index in [2.05, 4.69) is 20.6 Å². The summed E-state index contributed by atoms with van der Waals surface area (Å²) in [6.07, 6.45) is 1.80. The van der Waals surface area contributed by atoms with E-state index in [0.717, 1.165) is 17.1 Å². The first-order valence-electron chi connectivity index (χ1n) is 6.11. The van der Waals surface area contributed by atoms with Crippen LogP contribution >= 0.6 is 0 Å². The van der Waals surface area contributed by atoms with Crippen LogP contribution in [0.25, 0.3) is 0 Å². The van der Waals surface area contributed by atoms with E-state index in [0.29, 0.717) is 12.5 Å². The van der Waals surface area contributed by atoms with Crippen LogP contribution in [0.1, 0.15) is 11.1 Å². The van der Waals surface area contributed by atoms with Crippen molar-refractivity contribution in [2.45, 2.75) is 13.5 Å². The van der Waals surface area contributed by atoms with Crippen molar-refractivity contribution in [3.05, 3.63) is 41.6 Å². The summed E-state index contributed by atoms with van der Waals surface area (Å²) >= 11 is 0. The molecule has 0 atom stereocenters. The molecule has 2 aromatic rings. The van der Waals surface area contributed by atoms with E-state index < -0.39 is 0 Å². The van der Waals surface area contributed by atoms with Crippen molar-refractivity contribution in [1.82, 2.24) is 9.97 Å². The molecule has 0 radical (unpaired) electrons. The Kier molecular flexibility index (Phi) is 4.18. The summed E-state index contributed by atoms with van der Waals surface area (Å²) < 4.78 is 5.13. The maximum atomic E-state index is 5.13. The van der Waals surface area contributed by atoms with Gasteiger partial charge in [-0.1, -0.05) is 12.1 Å². The molecule has 0 aliphatic carbocycles. The smallest absolute Gasteiger partial charge is 0.224 e. The minimum absolute atomic E-state index is 0.614. The van der Waals surface area contributed by atoms with Crippen molar-refractivity contribution < 1.29 is 4.74 Å². The molecule has 0 unspecified atom stereocenters. The third-order valence-electron chi connectivity index (χ3n) is 2.81. The van der Waals surface area contributed by atoms with Crippen LogP contribution in [0.4, 0.5) is 11.8 Å². The maximum absolute atomic E-state index is 5.13. The average Bonchev–Trinajstić information content (AvgIpc) is 2.47. The van der Waals surface area contributed by atoms with Crippen LogP contribution in [0.2, 0.25) is 0 Å². The quantitative estimate of drug-likeness (QED) is 0.862. The van der Waals surface area contributed by atoms with Crippen molar-refractivity contribution in [3.8, 4) is 5.75 Å². The fourth-order valence-corrected chi connectivity index (χ4v) is 1.67. The zero-order chi connectivity index (χ0) is 13.7. The van der Waals surface area contributed by atoms with Gasteiger partial charge in [0, 0.05) is 25.4 Å². The molecule has 0 aliphatic rings. The van der Waals surface area contributed by atoms with Gasteiger partial charge in [-0.3, -0.25) is 0 Å². The SMILES string of the molecule is CNc1ncc(C)c(NCc2ccc(OC)cc2)n1. The van der Waals surface area contributed by atoms with Gasteiger partial charge in [-0.15, -0.1) is 0 Å². The highest BCUT2D eigenvalue weighted by Gasteiger charge is 2.02. The lowest BCUT2D eigenvalue weighted by Gasteiger charge is -2.10. The van der Waals surface area contributed by atoms with Gasteiger partial charge in [-0.2, -0.15) is 4.98 Å². The van der Waals surface area contributed by atoms with Crippen LogP contribution in [0.15, 0.2) is 30.5 Å². The molecule has 0 aliphatic heterocycles. The van der Waals surface area contributed by atoms with Crippen LogP contribution < -0.4 is 15.4 Å². The van der Waals surface area contributed by atoms with Gasteiger partial charge in [-0.05, 0) is 24.6 Å². The van der Waals surface area contributed by atoms with Gasteiger partial charge in [0.1, 0.15) is 11.6 Å². The number of nitrogens with one attached hydrogen (secondary N) is 2. The lowest BCUT2D eigenvalue weighted by molar-refractivity contribution is 0.414. The maximum Gasteiger partial charge on any atom is 0.224 e. The molecule has 2 rings (SSSR count). The lowest BCUT2D eigenvalue weighted by Crippen LogP contribution is -2.06. The van der Waals surface area contributed by atoms with Gasteiger partial charge in [0.15, 0.2) is 0 Å². The van der Waals surface area contributed by atoms with Crippen molar-refractivity contribution in [2.75, 3.05) is 24.8 Å². The van der Waals surface area contributed by atoms with Crippen LogP contribution in [0.3, 0.4) is 0 Å². The Morgan fingerprint density at radius 1 is 1.21 bits per heavy atom. The summed E-state index contributed by atoms with van der Waals surface area (Å²) in [5.74, 6) is 2.32. The Balaban J connectivity index is 2.05. The van der Waals surface area contributed by atoms with Crippen molar-refractivity contribution in [3.63, 3.8) is 0 Å². The largest absolute Gasteiger partial charge is 0.497 e. The molecule has 1 heterocycles. The van der Waals surface area contributed by atoms with Gasteiger partial charge in [0.2, 0.25) is 5.95 Å². The van der Waals surface area contributed by atoms with Gasteiger partial charge in [0.25, 0.3) is 0 Å². The van der Waals surface area contributed by atoms with Gasteiger partial charge in [-0.25, -0.2) is 4.98 Å². The van der Waals surface area contributed by atoms with E-state index in [-0.39, 0.29) is 0 Å². The highest BCUT2D eigenvalue weighted by Crippen LogP contribution is 2.15. The van der Waals surface area contributed by atoms with Crippen LogP contribution in [-0.4, -0.2) is 24.1 Å². The Morgan fingerprint density at radius 2 is 1.95 bits per heavy atom. The standard InChI is InChI=1S/C14H18N4O/c1-10-8-17-14(15-2)18-13(10)16-9-11-4-6-12(19-3)7-5-11/h4-8H,9H2,1-3H3,(H2,15,16,17,18). The molecule has 2 N–H and O–H groups in total. The minimum atomic E-state index is 0.614. The molecule has 100 valence electrons. The second kappa shape index (κ2) is 6.04. The monoisotopic (exact) mass is 258 g/mol. The van der Waals surface area contributed by atoms with Crippen molar-refractivity contribution >= 4 is 11.8 Å². The van der Waals surface area contributed by atoms with E-state index in [1.807, 2.05) is 31.2 Å². The molecule has 5 nitrogen and oxygen atoms in total. The molecule has 0 amide bonds. The van der Waals surface area contributed by atoms with E-state index in [4.69, 9.17) is 4.74 Å². The second-order valence-corrected chi connectivity index (χ2v) is 4.18. The average molecular weight is 258 g/mol. The molecule has 0 saturated carbocycles. The number of hydrogen-bond acceptors (Lipinski definition) is 5. The predicted molar refractivity (Wildman–Crippen MR) is 76.6 cm³/mol. The number of nitrogens with zero attached hydrogens (tertiary/aromatic N) is 2. The Hall–Kier alpha value is -2.30. The Morgan fingerprint density at radius 3 is 2.58 bits per heavy atom. The number of methoxy groups -OCH3 is 1. The van der Waals surface area contributed by atoms with E-state index >= 15 is 0 Å². The number of hydrogen-bond donors (Lipinski definition) is 2. The molecule has 0 saturated heterocycles. The number of anilines is 2. The molecule has 5 heteroatoms. The molecule has 19 heavy (non-hydrogen) atoms. The Bertz CT molecular complexity index is 540. The van der Waals surface area contributed by atoms with Gasteiger partial charge in [0.05, 0.1) is 7.11 Å². The summed E-state index contributed by atoms with van der Waals surface area (Å²) in [5.41, 5.74) is 2.19. The fraction of sp³-hybridized carbons (Fsp3) is 0.286. The number of ether oxygens (including phenoxy) is 1. The first kappa shape index (κ1) is 13.1. The third-order valence-corrected chi connectivity index (χ3v) is 2.81. The number of aryl methyl sites for hydroxylation is 1. The first-order valence-corrected chi connectivity index (χ1v) is 6.11. The van der Waals surface area contributed by atoms with Crippen LogP contribution in [0.5, 0.6) is 5.75 Å². The number of benzene rings is 1. The molecule has 0 bridgehead atoms. The summed E-state index contributed by atoms with van der Waals surface area (Å²) in [5, 5.41) is 6.24. The van der Waals surface area contributed by atoms with Crippen LogP contribution in [0, 0.1) is 6.92 Å². The number of aromatic nitrogens is 2. The highest BCUT2D eigenvalue weighted by molar-refractivity contribution is 5.46. The van der Waals surface area contributed by atoms with E-state index in [1.54, 1.807) is 20.4 Å².